The standard InChI is InChI=1S/C12H26N2O5SSi/c1-12(2,3)21(5,6)19-8-7-14-10(11(15)18-4)9-13-20(14,16)17/h10,13H,7-9H2,1-6H3. The van der Waals surface area contributed by atoms with Gasteiger partial charge in [0.05, 0.1) is 7.11 Å². The molecule has 0 spiro atoms. The van der Waals surface area contributed by atoms with Crippen LogP contribution in [0.1, 0.15) is 20.8 Å². The highest BCUT2D eigenvalue weighted by Crippen LogP contribution is 2.36. The average Bonchev–Trinajstić information content (AvgIpc) is 2.63. The van der Waals surface area contributed by atoms with Crippen LogP contribution in [0, 0.1) is 0 Å². The summed E-state index contributed by atoms with van der Waals surface area (Å²) in [6.07, 6.45) is 0. The molecule has 1 atom stereocenters. The van der Waals surface area contributed by atoms with Crippen molar-refractivity contribution in [3.8, 4) is 0 Å². The third kappa shape index (κ3) is 4.25. The van der Waals surface area contributed by atoms with Crippen molar-refractivity contribution in [3.63, 3.8) is 0 Å². The van der Waals surface area contributed by atoms with Crippen molar-refractivity contribution < 1.29 is 22.4 Å². The van der Waals surface area contributed by atoms with Crippen LogP contribution in [0.4, 0.5) is 0 Å². The number of carbonyl (C=O) groups excluding carboxylic acids is 1. The fourth-order valence-corrected chi connectivity index (χ4v) is 4.14. The smallest absolute Gasteiger partial charge is 0.325 e. The Hall–Kier alpha value is -0.483. The largest absolute Gasteiger partial charge is 0.468 e. The van der Waals surface area contributed by atoms with Gasteiger partial charge >= 0.3 is 5.97 Å². The second-order valence-electron chi connectivity index (χ2n) is 6.61. The minimum Gasteiger partial charge on any atom is -0.468 e. The number of methoxy groups -OCH3 is 1. The van der Waals surface area contributed by atoms with Crippen molar-refractivity contribution in [2.24, 2.45) is 0 Å². The molecule has 0 saturated carbocycles. The quantitative estimate of drug-likeness (QED) is 0.589. The van der Waals surface area contributed by atoms with Crippen molar-refractivity contribution in [2.45, 2.75) is 44.9 Å². The maximum absolute atomic E-state index is 11.9. The molecule has 1 aliphatic rings. The molecule has 21 heavy (non-hydrogen) atoms. The second-order valence-corrected chi connectivity index (χ2v) is 13.1. The molecule has 9 heteroatoms. The molecular weight excluding hydrogens is 312 g/mol. The molecule has 1 saturated heterocycles. The van der Waals surface area contributed by atoms with Gasteiger partial charge in [-0.15, -0.1) is 0 Å². The SMILES string of the molecule is COC(=O)C1CNS(=O)(=O)N1CCO[Si](C)(C)C(C)(C)C. The molecule has 1 heterocycles. The number of rotatable bonds is 5. The molecule has 0 radical (unpaired) electrons. The number of nitrogens with one attached hydrogen (secondary N) is 1. The summed E-state index contributed by atoms with van der Waals surface area (Å²) in [4.78, 5) is 11.6. The lowest BCUT2D eigenvalue weighted by Crippen LogP contribution is -2.46. The number of hydrogen-bond acceptors (Lipinski definition) is 5. The summed E-state index contributed by atoms with van der Waals surface area (Å²) in [5, 5.41) is 0.0525. The Balaban J connectivity index is 2.70. The molecule has 0 aliphatic carbocycles. The first kappa shape index (κ1) is 18.6. The van der Waals surface area contributed by atoms with Crippen molar-refractivity contribution in [1.82, 2.24) is 9.03 Å². The third-order valence-corrected chi connectivity index (χ3v) is 10.3. The van der Waals surface area contributed by atoms with Crippen molar-refractivity contribution >= 4 is 24.5 Å². The minimum absolute atomic E-state index is 0.0368. The van der Waals surface area contributed by atoms with E-state index in [0.29, 0.717) is 0 Å². The second kappa shape index (κ2) is 6.33. The van der Waals surface area contributed by atoms with Crippen molar-refractivity contribution in [1.29, 1.82) is 0 Å². The first-order valence-corrected chi connectivity index (χ1v) is 11.3. The summed E-state index contributed by atoms with van der Waals surface area (Å²) in [6, 6.07) is -0.817. The van der Waals surface area contributed by atoms with Crippen LogP contribution in [0.25, 0.3) is 0 Å². The van der Waals surface area contributed by atoms with Crippen LogP contribution < -0.4 is 4.72 Å². The molecule has 7 nitrogen and oxygen atoms in total. The van der Waals surface area contributed by atoms with Gasteiger partial charge in [0.1, 0.15) is 6.04 Å². The Bertz CT molecular complexity index is 486. The average molecular weight is 339 g/mol. The Kier molecular flexibility index (Phi) is 5.60. The first-order valence-electron chi connectivity index (χ1n) is 6.90. The molecule has 1 unspecified atom stereocenters. The molecule has 1 fully saturated rings. The van der Waals surface area contributed by atoms with Gasteiger partial charge in [-0.1, -0.05) is 20.8 Å². The van der Waals surface area contributed by atoms with Crippen LogP contribution in [0.5, 0.6) is 0 Å². The van der Waals surface area contributed by atoms with E-state index in [0.717, 1.165) is 4.31 Å². The van der Waals surface area contributed by atoms with Gasteiger partial charge in [0.2, 0.25) is 0 Å². The first-order chi connectivity index (χ1) is 9.42. The fourth-order valence-electron chi connectivity index (χ4n) is 1.76. The lowest BCUT2D eigenvalue weighted by molar-refractivity contribution is -0.144. The van der Waals surface area contributed by atoms with Crippen molar-refractivity contribution in [3.05, 3.63) is 0 Å². The van der Waals surface area contributed by atoms with Gasteiger partial charge < -0.3 is 9.16 Å². The van der Waals surface area contributed by atoms with Gasteiger partial charge in [-0.2, -0.15) is 17.4 Å². The molecule has 1 aliphatic heterocycles. The van der Waals surface area contributed by atoms with E-state index < -0.39 is 30.5 Å². The van der Waals surface area contributed by atoms with E-state index in [9.17, 15) is 13.2 Å². The number of hydrogen-bond donors (Lipinski definition) is 1. The van der Waals surface area contributed by atoms with Crippen LogP contribution in [0.2, 0.25) is 18.1 Å². The van der Waals surface area contributed by atoms with E-state index in [2.05, 4.69) is 43.3 Å². The normalized spacial score (nSPS) is 23.2. The van der Waals surface area contributed by atoms with Crippen LogP contribution in [0.3, 0.4) is 0 Å². The van der Waals surface area contributed by atoms with Crippen LogP contribution >= 0.6 is 0 Å². The molecule has 0 aromatic rings. The van der Waals surface area contributed by atoms with Gasteiger partial charge in [-0.25, -0.2) is 0 Å². The highest BCUT2D eigenvalue weighted by Gasteiger charge is 2.43. The number of ether oxygens (including phenoxy) is 1. The monoisotopic (exact) mass is 338 g/mol. The maximum Gasteiger partial charge on any atom is 0.325 e. The summed E-state index contributed by atoms with van der Waals surface area (Å²) in [6.45, 7) is 11.0. The predicted molar refractivity (Wildman–Crippen MR) is 82.6 cm³/mol. The zero-order valence-corrected chi connectivity index (χ0v) is 15.4. The summed E-state index contributed by atoms with van der Waals surface area (Å²) in [5.41, 5.74) is 0. The zero-order chi connectivity index (χ0) is 16.5. The minimum atomic E-state index is -3.63. The summed E-state index contributed by atoms with van der Waals surface area (Å²) in [7, 11) is -4.32. The molecule has 1 N–H and O–H groups in total. The number of esters is 1. The lowest BCUT2D eigenvalue weighted by Gasteiger charge is -2.36. The topological polar surface area (TPSA) is 84.9 Å². The molecule has 0 amide bonds. The van der Waals surface area contributed by atoms with E-state index in [1.165, 1.54) is 7.11 Å². The summed E-state index contributed by atoms with van der Waals surface area (Å²) in [5.74, 6) is -0.559. The van der Waals surface area contributed by atoms with E-state index in [1.54, 1.807) is 0 Å². The van der Waals surface area contributed by atoms with E-state index in [4.69, 9.17) is 4.43 Å². The molecule has 124 valence electrons. The Labute approximate surface area is 128 Å². The molecule has 0 aromatic carbocycles. The van der Waals surface area contributed by atoms with Crippen LogP contribution in [-0.4, -0.2) is 59.9 Å². The summed E-state index contributed by atoms with van der Waals surface area (Å²) >= 11 is 0. The molecule has 0 aromatic heterocycles. The maximum atomic E-state index is 11.9. The lowest BCUT2D eigenvalue weighted by atomic mass is 10.2. The van der Waals surface area contributed by atoms with Crippen LogP contribution in [-0.2, 0) is 24.2 Å². The van der Waals surface area contributed by atoms with Gasteiger partial charge in [-0.05, 0) is 18.1 Å². The van der Waals surface area contributed by atoms with Crippen LogP contribution in [0.15, 0.2) is 0 Å². The van der Waals surface area contributed by atoms with Crippen molar-refractivity contribution in [2.75, 3.05) is 26.8 Å². The van der Waals surface area contributed by atoms with Gasteiger partial charge in [-0.3, -0.25) is 4.79 Å². The number of nitrogens with zero attached hydrogens (tertiary/aromatic N) is 1. The van der Waals surface area contributed by atoms with Gasteiger partial charge in [0.15, 0.2) is 8.32 Å². The third-order valence-electron chi connectivity index (χ3n) is 4.17. The van der Waals surface area contributed by atoms with E-state index in [-0.39, 0.29) is 24.7 Å². The highest BCUT2D eigenvalue weighted by molar-refractivity contribution is 7.87. The zero-order valence-electron chi connectivity index (χ0n) is 13.6. The molecular formula is C12H26N2O5SSi. The van der Waals surface area contributed by atoms with E-state index in [1.807, 2.05) is 0 Å². The number of carbonyl (C=O) groups is 1. The fraction of sp³-hybridized carbons (Fsp3) is 0.917. The summed E-state index contributed by atoms with van der Waals surface area (Å²) < 4.78 is 37.9. The highest BCUT2D eigenvalue weighted by atomic mass is 32.2. The Morgan fingerprint density at radius 2 is 1.95 bits per heavy atom. The Morgan fingerprint density at radius 1 is 1.38 bits per heavy atom. The predicted octanol–water partition coefficient (Wildman–Crippen LogP) is 0.700. The van der Waals surface area contributed by atoms with Gasteiger partial charge in [0.25, 0.3) is 10.2 Å². The van der Waals surface area contributed by atoms with Gasteiger partial charge in [0, 0.05) is 19.7 Å². The molecule has 0 bridgehead atoms. The van der Waals surface area contributed by atoms with E-state index >= 15 is 0 Å². The molecule has 1 rings (SSSR count). The Morgan fingerprint density at radius 3 is 2.43 bits per heavy atom.